The quantitative estimate of drug-likeness (QED) is 0.782. The lowest BCUT2D eigenvalue weighted by Gasteiger charge is -2.20. The van der Waals surface area contributed by atoms with Crippen LogP contribution in [0.2, 0.25) is 0 Å². The lowest BCUT2D eigenvalue weighted by molar-refractivity contribution is 0.255. The van der Waals surface area contributed by atoms with Gasteiger partial charge < -0.3 is 4.90 Å². The molecule has 1 aromatic rings. The zero-order valence-electron chi connectivity index (χ0n) is 12.9. The van der Waals surface area contributed by atoms with Crippen molar-refractivity contribution in [2.75, 3.05) is 38.6 Å². The fourth-order valence-electron chi connectivity index (χ4n) is 3.59. The summed E-state index contributed by atoms with van der Waals surface area (Å²) in [6.07, 6.45) is 8.75. The molecule has 21 heavy (non-hydrogen) atoms. The molecule has 0 amide bonds. The van der Waals surface area contributed by atoms with E-state index >= 15 is 0 Å². The first-order valence-corrected chi connectivity index (χ1v) is 8.93. The van der Waals surface area contributed by atoms with E-state index in [1.165, 1.54) is 50.9 Å². The molecule has 0 radical (unpaired) electrons. The third-order valence-corrected chi connectivity index (χ3v) is 5.00. The maximum absolute atomic E-state index is 5.85. The normalized spacial score (nSPS) is 22.7. The van der Waals surface area contributed by atoms with Crippen LogP contribution in [0, 0.1) is 0 Å². The Morgan fingerprint density at radius 2 is 1.81 bits per heavy atom. The average Bonchev–Trinajstić information content (AvgIpc) is 3.10. The van der Waals surface area contributed by atoms with E-state index in [4.69, 9.17) is 16.7 Å². The minimum Gasteiger partial charge on any atom is -0.301 e. The van der Waals surface area contributed by atoms with Crippen molar-refractivity contribution < 1.29 is 0 Å². The molecule has 3 rings (SSSR count). The van der Waals surface area contributed by atoms with Crippen LogP contribution >= 0.6 is 11.6 Å². The van der Waals surface area contributed by atoms with Gasteiger partial charge in [-0.2, -0.15) is 5.10 Å². The van der Waals surface area contributed by atoms with Crippen molar-refractivity contribution >= 4 is 11.6 Å². The first-order valence-electron chi connectivity index (χ1n) is 8.40. The van der Waals surface area contributed by atoms with Gasteiger partial charge in [0, 0.05) is 38.3 Å². The van der Waals surface area contributed by atoms with Gasteiger partial charge in [0.25, 0.3) is 0 Å². The van der Waals surface area contributed by atoms with Gasteiger partial charge >= 0.3 is 0 Å². The zero-order valence-corrected chi connectivity index (χ0v) is 13.6. The number of aromatic nitrogens is 2. The summed E-state index contributed by atoms with van der Waals surface area (Å²) in [5.74, 6) is 0.742. The van der Waals surface area contributed by atoms with E-state index in [9.17, 15) is 0 Å². The monoisotopic (exact) mass is 310 g/mol. The minimum absolute atomic E-state index is 0.655. The van der Waals surface area contributed by atoms with E-state index in [-0.39, 0.29) is 0 Å². The fraction of sp³-hybridized carbons (Fsp3) is 0.812. The number of nitrogens with zero attached hydrogens (tertiary/aromatic N) is 4. The third-order valence-electron chi connectivity index (χ3n) is 4.83. The predicted molar refractivity (Wildman–Crippen MR) is 86.8 cm³/mol. The Bertz CT molecular complexity index is 428. The summed E-state index contributed by atoms with van der Waals surface area (Å²) in [5.41, 5.74) is 1.23. The first kappa shape index (κ1) is 15.3. The summed E-state index contributed by atoms with van der Waals surface area (Å²) in [6, 6.07) is 2.86. The van der Waals surface area contributed by atoms with E-state index in [1.807, 2.05) is 0 Å². The van der Waals surface area contributed by atoms with Crippen LogP contribution in [0.4, 0.5) is 0 Å². The molecule has 0 N–H and O–H groups in total. The van der Waals surface area contributed by atoms with Gasteiger partial charge in [-0.25, -0.2) is 0 Å². The highest BCUT2D eigenvalue weighted by atomic mass is 35.5. The van der Waals surface area contributed by atoms with Crippen LogP contribution in [0.1, 0.15) is 43.8 Å². The average molecular weight is 311 g/mol. The molecule has 0 spiro atoms. The fourth-order valence-corrected chi connectivity index (χ4v) is 3.83. The van der Waals surface area contributed by atoms with Crippen molar-refractivity contribution in [1.29, 1.82) is 0 Å². The molecule has 2 fully saturated rings. The van der Waals surface area contributed by atoms with Crippen LogP contribution in [-0.4, -0.2) is 58.2 Å². The van der Waals surface area contributed by atoms with Crippen LogP contribution < -0.4 is 0 Å². The van der Waals surface area contributed by atoms with E-state index in [0.717, 1.165) is 32.1 Å². The van der Waals surface area contributed by atoms with E-state index in [2.05, 4.69) is 26.7 Å². The molecule has 0 atom stereocenters. The van der Waals surface area contributed by atoms with Crippen LogP contribution in [0.5, 0.6) is 0 Å². The van der Waals surface area contributed by atoms with Gasteiger partial charge in [0.1, 0.15) is 0 Å². The Morgan fingerprint density at radius 1 is 1.05 bits per heavy atom. The maximum Gasteiger partial charge on any atom is 0.0764 e. The molecule has 4 nitrogen and oxygen atoms in total. The lowest BCUT2D eigenvalue weighted by atomic mass is 10.3. The number of halogens is 1. The largest absolute Gasteiger partial charge is 0.301 e. The van der Waals surface area contributed by atoms with Crippen molar-refractivity contribution in [3.63, 3.8) is 0 Å². The van der Waals surface area contributed by atoms with Crippen LogP contribution in [0.3, 0.4) is 0 Å². The number of rotatable bonds is 5. The van der Waals surface area contributed by atoms with Gasteiger partial charge in [-0.1, -0.05) is 12.8 Å². The standard InChI is InChI=1S/C16H27ClN4/c17-7-11-19-8-3-9-20(13-12-19)14-15-6-10-21(18-15)16-4-1-2-5-16/h6,10,16H,1-5,7-9,11-14H2. The summed E-state index contributed by atoms with van der Waals surface area (Å²) < 4.78 is 2.21. The van der Waals surface area contributed by atoms with Gasteiger partial charge in [-0.05, 0) is 38.4 Å². The molecule has 1 saturated heterocycles. The van der Waals surface area contributed by atoms with Crippen molar-refractivity contribution in [2.24, 2.45) is 0 Å². The number of hydrogen-bond donors (Lipinski definition) is 0. The smallest absolute Gasteiger partial charge is 0.0764 e. The summed E-state index contributed by atoms with van der Waals surface area (Å²) in [4.78, 5) is 5.01. The molecule has 1 aliphatic carbocycles. The van der Waals surface area contributed by atoms with Crippen molar-refractivity contribution in [2.45, 2.75) is 44.7 Å². The second-order valence-corrected chi connectivity index (χ2v) is 6.76. The zero-order chi connectivity index (χ0) is 14.5. The third kappa shape index (κ3) is 4.21. The number of alkyl halides is 1. The lowest BCUT2D eigenvalue weighted by Crippen LogP contribution is -2.31. The van der Waals surface area contributed by atoms with Gasteiger partial charge in [-0.3, -0.25) is 9.58 Å². The van der Waals surface area contributed by atoms with Crippen LogP contribution in [0.25, 0.3) is 0 Å². The topological polar surface area (TPSA) is 24.3 Å². The SMILES string of the molecule is ClCCN1CCCN(Cc2ccn(C3CCCC3)n2)CC1. The maximum atomic E-state index is 5.85. The molecule has 0 aromatic carbocycles. The molecule has 2 heterocycles. The molecule has 0 unspecified atom stereocenters. The van der Waals surface area contributed by atoms with Crippen molar-refractivity contribution in [1.82, 2.24) is 19.6 Å². The molecule has 5 heteroatoms. The molecule has 1 aromatic heterocycles. The molecule has 1 saturated carbocycles. The molecule has 2 aliphatic rings. The molecule has 1 aliphatic heterocycles. The summed E-state index contributed by atoms with van der Waals surface area (Å²) >= 11 is 5.85. The van der Waals surface area contributed by atoms with E-state index in [0.29, 0.717) is 6.04 Å². The Kier molecular flexibility index (Phi) is 5.55. The van der Waals surface area contributed by atoms with Gasteiger partial charge in [0.05, 0.1) is 11.7 Å². The van der Waals surface area contributed by atoms with Crippen LogP contribution in [0.15, 0.2) is 12.3 Å². The van der Waals surface area contributed by atoms with Crippen LogP contribution in [-0.2, 0) is 6.54 Å². The molecule has 0 bridgehead atoms. The van der Waals surface area contributed by atoms with Gasteiger partial charge in [0.15, 0.2) is 0 Å². The van der Waals surface area contributed by atoms with Crippen molar-refractivity contribution in [3.05, 3.63) is 18.0 Å². The Morgan fingerprint density at radius 3 is 2.62 bits per heavy atom. The summed E-state index contributed by atoms with van der Waals surface area (Å²) in [5, 5.41) is 4.81. The molecule has 118 valence electrons. The Balaban J connectivity index is 1.51. The predicted octanol–water partition coefficient (Wildman–Crippen LogP) is 2.74. The second-order valence-electron chi connectivity index (χ2n) is 6.39. The highest BCUT2D eigenvalue weighted by Gasteiger charge is 2.19. The Labute approximate surface area is 133 Å². The van der Waals surface area contributed by atoms with Gasteiger partial charge in [-0.15, -0.1) is 11.6 Å². The first-order chi connectivity index (χ1) is 10.3. The summed E-state index contributed by atoms with van der Waals surface area (Å²) in [6.45, 7) is 6.64. The highest BCUT2D eigenvalue weighted by Crippen LogP contribution is 2.28. The minimum atomic E-state index is 0.655. The number of hydrogen-bond acceptors (Lipinski definition) is 3. The van der Waals surface area contributed by atoms with Crippen molar-refractivity contribution in [3.8, 4) is 0 Å². The highest BCUT2D eigenvalue weighted by molar-refractivity contribution is 6.18. The van der Waals surface area contributed by atoms with E-state index < -0.39 is 0 Å². The van der Waals surface area contributed by atoms with E-state index in [1.54, 1.807) is 0 Å². The second kappa shape index (κ2) is 7.61. The molecular formula is C16H27ClN4. The summed E-state index contributed by atoms with van der Waals surface area (Å²) in [7, 11) is 0. The molecular weight excluding hydrogens is 284 g/mol. The Hall–Kier alpha value is -0.580. The van der Waals surface area contributed by atoms with Gasteiger partial charge in [0.2, 0.25) is 0 Å².